The number of nitrogens with zero attached hydrogens (tertiary/aromatic N) is 1. The lowest BCUT2D eigenvalue weighted by Crippen LogP contribution is -2.45. The zero-order chi connectivity index (χ0) is 19.9. The fraction of sp³-hybridized carbons (Fsp3) is 0.435. The molecule has 1 aliphatic heterocycles. The van der Waals surface area contributed by atoms with E-state index in [0.29, 0.717) is 18.7 Å². The molecule has 1 N–H and O–H groups in total. The fourth-order valence-electron chi connectivity index (χ4n) is 3.79. The third kappa shape index (κ3) is 5.64. The second kappa shape index (κ2) is 9.82. The molecule has 1 saturated heterocycles. The van der Waals surface area contributed by atoms with Gasteiger partial charge in [0.15, 0.2) is 0 Å². The van der Waals surface area contributed by atoms with E-state index in [4.69, 9.17) is 9.47 Å². The van der Waals surface area contributed by atoms with Crippen molar-refractivity contribution in [2.75, 3.05) is 20.2 Å². The molecule has 2 aromatic carbocycles. The first-order valence-corrected chi connectivity index (χ1v) is 9.86. The van der Waals surface area contributed by atoms with Crippen molar-refractivity contribution in [2.24, 2.45) is 0 Å². The monoisotopic (exact) mass is 382 g/mol. The number of benzene rings is 2. The minimum Gasteiger partial charge on any atom is -0.380 e. The number of hydrogen-bond donors (Lipinski definition) is 1. The first-order valence-electron chi connectivity index (χ1n) is 9.86. The van der Waals surface area contributed by atoms with Crippen LogP contribution in [0.15, 0.2) is 48.5 Å². The van der Waals surface area contributed by atoms with E-state index < -0.39 is 0 Å². The smallest absolute Gasteiger partial charge is 0.251 e. The summed E-state index contributed by atoms with van der Waals surface area (Å²) in [4.78, 5) is 15.0. The van der Waals surface area contributed by atoms with Crippen LogP contribution in [0, 0.1) is 0 Å². The highest BCUT2D eigenvalue weighted by Crippen LogP contribution is 2.17. The van der Waals surface area contributed by atoms with Crippen molar-refractivity contribution < 1.29 is 14.3 Å². The molecule has 1 fully saturated rings. The Morgan fingerprint density at radius 1 is 1.11 bits per heavy atom. The Morgan fingerprint density at radius 2 is 1.82 bits per heavy atom. The zero-order valence-electron chi connectivity index (χ0n) is 17.0. The van der Waals surface area contributed by atoms with Gasteiger partial charge in [-0.2, -0.15) is 0 Å². The van der Waals surface area contributed by atoms with Gasteiger partial charge in [0.1, 0.15) is 0 Å². The summed E-state index contributed by atoms with van der Waals surface area (Å²) in [5.41, 5.74) is 4.04. The van der Waals surface area contributed by atoms with E-state index in [1.807, 2.05) is 30.3 Å². The van der Waals surface area contributed by atoms with Gasteiger partial charge in [-0.3, -0.25) is 9.69 Å². The third-order valence-corrected chi connectivity index (χ3v) is 4.95. The first-order chi connectivity index (χ1) is 13.5. The predicted octanol–water partition coefficient (Wildman–Crippen LogP) is 3.37. The number of hydrogen-bond acceptors (Lipinski definition) is 4. The summed E-state index contributed by atoms with van der Waals surface area (Å²) < 4.78 is 11.0. The Balaban J connectivity index is 1.63. The fourth-order valence-corrected chi connectivity index (χ4v) is 3.79. The maximum absolute atomic E-state index is 12.6. The number of carbonyl (C=O) groups is 1. The molecule has 1 amide bonds. The quantitative estimate of drug-likeness (QED) is 0.798. The van der Waals surface area contributed by atoms with Gasteiger partial charge < -0.3 is 14.8 Å². The summed E-state index contributed by atoms with van der Waals surface area (Å²) in [5, 5.41) is 3.06. The van der Waals surface area contributed by atoms with E-state index in [0.717, 1.165) is 30.8 Å². The minimum atomic E-state index is -0.0682. The van der Waals surface area contributed by atoms with E-state index in [2.05, 4.69) is 42.3 Å². The number of ether oxygens (including phenoxy) is 2. The van der Waals surface area contributed by atoms with Crippen LogP contribution in [0.25, 0.3) is 0 Å². The van der Waals surface area contributed by atoms with Crippen LogP contribution in [0.2, 0.25) is 0 Å². The van der Waals surface area contributed by atoms with Crippen molar-refractivity contribution in [3.63, 3.8) is 0 Å². The largest absolute Gasteiger partial charge is 0.380 e. The van der Waals surface area contributed by atoms with Gasteiger partial charge in [0, 0.05) is 38.9 Å². The lowest BCUT2D eigenvalue weighted by Gasteiger charge is -2.35. The van der Waals surface area contributed by atoms with Crippen molar-refractivity contribution >= 4 is 5.91 Å². The van der Waals surface area contributed by atoms with Gasteiger partial charge in [0.05, 0.1) is 18.8 Å². The van der Waals surface area contributed by atoms with Gasteiger partial charge in [-0.15, -0.1) is 0 Å². The van der Waals surface area contributed by atoms with E-state index in [1.54, 1.807) is 7.11 Å². The summed E-state index contributed by atoms with van der Waals surface area (Å²) in [6.07, 6.45) is 0.491. The minimum absolute atomic E-state index is 0.0682. The van der Waals surface area contributed by atoms with Crippen LogP contribution >= 0.6 is 0 Å². The van der Waals surface area contributed by atoms with Crippen LogP contribution in [-0.4, -0.2) is 43.2 Å². The van der Waals surface area contributed by atoms with Crippen LogP contribution < -0.4 is 5.32 Å². The molecule has 5 nitrogen and oxygen atoms in total. The third-order valence-electron chi connectivity index (χ3n) is 4.95. The molecule has 150 valence electrons. The van der Waals surface area contributed by atoms with E-state index in [9.17, 15) is 4.79 Å². The summed E-state index contributed by atoms with van der Waals surface area (Å²) in [6.45, 7) is 7.97. The summed E-state index contributed by atoms with van der Waals surface area (Å²) in [6, 6.07) is 15.9. The zero-order valence-corrected chi connectivity index (χ0v) is 17.0. The predicted molar refractivity (Wildman–Crippen MR) is 110 cm³/mol. The summed E-state index contributed by atoms with van der Waals surface area (Å²) >= 11 is 0. The highest BCUT2D eigenvalue weighted by atomic mass is 16.5. The SMILES string of the molecule is COCc1cccc(C(=O)NCc2ccccc2CN2C[C@H](C)O[C@@H](C)C2)c1. The molecule has 0 radical (unpaired) electrons. The molecule has 3 rings (SSSR count). The molecular formula is C23H30N2O3. The molecule has 2 atom stereocenters. The van der Waals surface area contributed by atoms with Crippen molar-refractivity contribution in [2.45, 2.75) is 45.8 Å². The number of nitrogens with one attached hydrogen (secondary N) is 1. The Morgan fingerprint density at radius 3 is 2.54 bits per heavy atom. The first kappa shape index (κ1) is 20.5. The summed E-state index contributed by atoms with van der Waals surface area (Å²) in [7, 11) is 1.65. The Hall–Kier alpha value is -2.21. The second-order valence-corrected chi connectivity index (χ2v) is 7.54. The number of rotatable bonds is 7. The molecule has 0 bridgehead atoms. The van der Waals surface area contributed by atoms with E-state index >= 15 is 0 Å². The van der Waals surface area contributed by atoms with Gasteiger partial charge >= 0.3 is 0 Å². The van der Waals surface area contributed by atoms with Crippen molar-refractivity contribution in [1.29, 1.82) is 0 Å². The van der Waals surface area contributed by atoms with Crippen LogP contribution in [-0.2, 0) is 29.2 Å². The number of methoxy groups -OCH3 is 1. The van der Waals surface area contributed by atoms with E-state index in [-0.39, 0.29) is 18.1 Å². The maximum atomic E-state index is 12.6. The topological polar surface area (TPSA) is 50.8 Å². The molecule has 28 heavy (non-hydrogen) atoms. The molecular weight excluding hydrogens is 352 g/mol. The Labute approximate surface area is 167 Å². The van der Waals surface area contributed by atoms with Gasteiger partial charge in [-0.05, 0) is 42.7 Å². The highest BCUT2D eigenvalue weighted by Gasteiger charge is 2.22. The maximum Gasteiger partial charge on any atom is 0.251 e. The molecule has 0 unspecified atom stereocenters. The van der Waals surface area contributed by atoms with Crippen molar-refractivity contribution in [1.82, 2.24) is 10.2 Å². The Bertz CT molecular complexity index is 783. The Kier molecular flexibility index (Phi) is 7.20. The molecule has 0 saturated carbocycles. The van der Waals surface area contributed by atoms with Crippen LogP contribution in [0.3, 0.4) is 0 Å². The van der Waals surface area contributed by atoms with Crippen LogP contribution in [0.5, 0.6) is 0 Å². The number of carbonyl (C=O) groups excluding carboxylic acids is 1. The lowest BCUT2D eigenvalue weighted by molar-refractivity contribution is -0.0705. The number of morpholine rings is 1. The average molecular weight is 383 g/mol. The van der Waals surface area contributed by atoms with E-state index in [1.165, 1.54) is 5.56 Å². The second-order valence-electron chi connectivity index (χ2n) is 7.54. The molecule has 1 heterocycles. The van der Waals surface area contributed by atoms with Gasteiger partial charge in [-0.25, -0.2) is 0 Å². The van der Waals surface area contributed by atoms with Gasteiger partial charge in [0.25, 0.3) is 5.91 Å². The lowest BCUT2D eigenvalue weighted by atomic mass is 10.1. The van der Waals surface area contributed by atoms with Crippen LogP contribution in [0.1, 0.15) is 40.9 Å². The number of amides is 1. The van der Waals surface area contributed by atoms with Crippen molar-refractivity contribution in [3.8, 4) is 0 Å². The van der Waals surface area contributed by atoms with Gasteiger partial charge in [-0.1, -0.05) is 36.4 Å². The van der Waals surface area contributed by atoms with Crippen LogP contribution in [0.4, 0.5) is 0 Å². The standard InChI is InChI=1S/C23H30N2O3/c1-17-13-25(14-18(2)28-17)15-22-9-5-4-8-21(22)12-24-23(26)20-10-6-7-19(11-20)16-27-3/h4-11,17-18H,12-16H2,1-3H3,(H,24,26)/t17-,18-/m0/s1. The highest BCUT2D eigenvalue weighted by molar-refractivity contribution is 5.94. The molecule has 0 aromatic heterocycles. The molecule has 5 heteroatoms. The molecule has 0 spiro atoms. The summed E-state index contributed by atoms with van der Waals surface area (Å²) in [5.74, 6) is -0.0682. The average Bonchev–Trinajstić information content (AvgIpc) is 2.67. The van der Waals surface area contributed by atoms with Crippen molar-refractivity contribution in [3.05, 3.63) is 70.8 Å². The normalized spacial score (nSPS) is 20.1. The van der Waals surface area contributed by atoms with Gasteiger partial charge in [0.2, 0.25) is 0 Å². The molecule has 0 aliphatic carbocycles. The molecule has 2 aromatic rings. The molecule has 1 aliphatic rings.